The fourth-order valence-corrected chi connectivity index (χ4v) is 1.84. The zero-order valence-corrected chi connectivity index (χ0v) is 12.6. The van der Waals surface area contributed by atoms with Crippen molar-refractivity contribution >= 4 is 0 Å². The topological polar surface area (TPSA) is 51.0 Å². The predicted octanol–water partition coefficient (Wildman–Crippen LogP) is 3.15. The molecule has 2 unspecified atom stereocenters. The Morgan fingerprint density at radius 3 is 2.44 bits per heavy atom. The summed E-state index contributed by atoms with van der Waals surface area (Å²) in [6.45, 7) is 14.0. The van der Waals surface area contributed by atoms with Gasteiger partial charge in [0.25, 0.3) is 0 Å². The van der Waals surface area contributed by atoms with Crippen LogP contribution in [0, 0.1) is 5.41 Å². The van der Waals surface area contributed by atoms with Crippen molar-refractivity contribution in [3.8, 4) is 0 Å². The molecule has 1 N–H and O–H groups in total. The molecule has 0 saturated heterocycles. The molecule has 0 aromatic carbocycles. The van der Waals surface area contributed by atoms with E-state index in [1.54, 1.807) is 0 Å². The smallest absolute Gasteiger partial charge is 0.228 e. The van der Waals surface area contributed by atoms with Crippen LogP contribution in [-0.2, 0) is 6.42 Å². The summed E-state index contributed by atoms with van der Waals surface area (Å²) < 4.78 is 5.36. The van der Waals surface area contributed by atoms with E-state index in [0.29, 0.717) is 12.0 Å². The van der Waals surface area contributed by atoms with Gasteiger partial charge in [0, 0.05) is 18.4 Å². The summed E-state index contributed by atoms with van der Waals surface area (Å²) in [6.07, 6.45) is 1.83. The van der Waals surface area contributed by atoms with Crippen molar-refractivity contribution in [2.24, 2.45) is 5.41 Å². The van der Waals surface area contributed by atoms with Gasteiger partial charge in [-0.15, -0.1) is 0 Å². The zero-order chi connectivity index (χ0) is 13.8. The molecule has 2 atom stereocenters. The minimum absolute atomic E-state index is 0.182. The van der Waals surface area contributed by atoms with E-state index in [0.717, 1.165) is 31.1 Å². The highest BCUT2D eigenvalue weighted by atomic mass is 16.5. The van der Waals surface area contributed by atoms with Crippen LogP contribution < -0.4 is 5.32 Å². The minimum atomic E-state index is 0.182. The van der Waals surface area contributed by atoms with Gasteiger partial charge >= 0.3 is 0 Å². The van der Waals surface area contributed by atoms with Crippen molar-refractivity contribution in [1.82, 2.24) is 15.5 Å². The lowest BCUT2D eigenvalue weighted by Crippen LogP contribution is -2.41. The highest BCUT2D eigenvalue weighted by molar-refractivity contribution is 4.96. The molecule has 1 rings (SSSR count). The van der Waals surface area contributed by atoms with Crippen LogP contribution in [0.25, 0.3) is 0 Å². The Morgan fingerprint density at radius 2 is 1.94 bits per heavy atom. The molecule has 104 valence electrons. The van der Waals surface area contributed by atoms with E-state index < -0.39 is 0 Å². The van der Waals surface area contributed by atoms with Gasteiger partial charge in [-0.2, -0.15) is 4.98 Å². The lowest BCUT2D eigenvalue weighted by Gasteiger charge is -2.30. The Hall–Kier alpha value is -0.900. The molecule has 18 heavy (non-hydrogen) atoms. The molecule has 0 bridgehead atoms. The lowest BCUT2D eigenvalue weighted by atomic mass is 9.84. The molecule has 0 amide bonds. The number of likely N-dealkylation sites (N-methyl/N-ethyl adjacent to an activating group) is 1. The van der Waals surface area contributed by atoms with Crippen LogP contribution in [-0.4, -0.2) is 22.7 Å². The first kappa shape index (κ1) is 15.2. The molecule has 0 saturated carbocycles. The van der Waals surface area contributed by atoms with E-state index >= 15 is 0 Å². The number of rotatable bonds is 6. The summed E-state index contributed by atoms with van der Waals surface area (Å²) >= 11 is 0. The van der Waals surface area contributed by atoms with Crippen molar-refractivity contribution in [2.45, 2.75) is 66.3 Å². The molecule has 0 radical (unpaired) electrons. The normalized spacial score (nSPS) is 15.7. The summed E-state index contributed by atoms with van der Waals surface area (Å²) in [6, 6.07) is 0.354. The Kier molecular flexibility index (Phi) is 5.32. The van der Waals surface area contributed by atoms with Gasteiger partial charge < -0.3 is 9.84 Å². The minimum Gasteiger partial charge on any atom is -0.339 e. The number of hydrogen-bond acceptors (Lipinski definition) is 4. The molecular formula is C14H27N3O. The third kappa shape index (κ3) is 4.09. The van der Waals surface area contributed by atoms with E-state index in [1.165, 1.54) is 0 Å². The number of hydrogen-bond donors (Lipinski definition) is 1. The Bertz CT molecular complexity index is 354. The van der Waals surface area contributed by atoms with Crippen LogP contribution in [0.15, 0.2) is 4.52 Å². The molecule has 0 aliphatic carbocycles. The summed E-state index contributed by atoms with van der Waals surface area (Å²) in [5.74, 6) is 1.94. The number of nitrogens with zero attached hydrogens (tertiary/aromatic N) is 2. The van der Waals surface area contributed by atoms with E-state index in [-0.39, 0.29) is 5.41 Å². The molecule has 0 aliphatic rings. The summed E-state index contributed by atoms with van der Waals surface area (Å²) in [4.78, 5) is 4.50. The Balaban J connectivity index is 2.72. The molecule has 0 aliphatic heterocycles. The highest BCUT2D eigenvalue weighted by Crippen LogP contribution is 2.23. The van der Waals surface area contributed by atoms with Gasteiger partial charge in [0.15, 0.2) is 5.82 Å². The maximum absolute atomic E-state index is 5.36. The fraction of sp³-hybridized carbons (Fsp3) is 0.857. The molecule has 4 nitrogen and oxygen atoms in total. The van der Waals surface area contributed by atoms with Crippen molar-refractivity contribution < 1.29 is 4.52 Å². The van der Waals surface area contributed by atoms with Crippen LogP contribution in [0.1, 0.15) is 65.6 Å². The van der Waals surface area contributed by atoms with Crippen molar-refractivity contribution in [3.63, 3.8) is 0 Å². The van der Waals surface area contributed by atoms with Crippen LogP contribution >= 0.6 is 0 Å². The molecule has 0 spiro atoms. The van der Waals surface area contributed by atoms with Crippen LogP contribution in [0.4, 0.5) is 0 Å². The Labute approximate surface area is 111 Å². The molecular weight excluding hydrogens is 226 g/mol. The predicted molar refractivity (Wildman–Crippen MR) is 73.6 cm³/mol. The summed E-state index contributed by atoms with van der Waals surface area (Å²) in [5, 5.41) is 7.56. The average Bonchev–Trinajstić information content (AvgIpc) is 2.75. The van der Waals surface area contributed by atoms with E-state index in [4.69, 9.17) is 4.52 Å². The number of nitrogens with one attached hydrogen (secondary N) is 1. The first-order valence-electron chi connectivity index (χ1n) is 6.94. The van der Waals surface area contributed by atoms with Gasteiger partial charge in [0.05, 0.1) is 0 Å². The Morgan fingerprint density at radius 1 is 1.28 bits per heavy atom. The molecule has 1 heterocycles. The maximum atomic E-state index is 5.36. The SMILES string of the molecule is CCNC(Cc1nc(C(C)CC)no1)C(C)(C)C. The van der Waals surface area contributed by atoms with Crippen LogP contribution in [0.2, 0.25) is 0 Å². The van der Waals surface area contributed by atoms with Gasteiger partial charge in [0.2, 0.25) is 5.89 Å². The zero-order valence-electron chi connectivity index (χ0n) is 12.6. The molecule has 1 aromatic rings. The van der Waals surface area contributed by atoms with Gasteiger partial charge in [0.1, 0.15) is 0 Å². The standard InChI is InChI=1S/C14H27N3O/c1-7-10(3)13-16-12(18-17-13)9-11(15-8-2)14(4,5)6/h10-11,15H,7-9H2,1-6H3. The second-order valence-corrected chi connectivity index (χ2v) is 6.04. The monoisotopic (exact) mass is 253 g/mol. The second-order valence-electron chi connectivity index (χ2n) is 6.04. The highest BCUT2D eigenvalue weighted by Gasteiger charge is 2.26. The van der Waals surface area contributed by atoms with E-state index in [9.17, 15) is 0 Å². The molecule has 1 aromatic heterocycles. The van der Waals surface area contributed by atoms with Crippen molar-refractivity contribution in [3.05, 3.63) is 11.7 Å². The average molecular weight is 253 g/mol. The molecule has 4 heteroatoms. The third-order valence-corrected chi connectivity index (χ3v) is 3.41. The van der Waals surface area contributed by atoms with Crippen LogP contribution in [0.5, 0.6) is 0 Å². The fourth-order valence-electron chi connectivity index (χ4n) is 1.84. The number of aromatic nitrogens is 2. The first-order valence-corrected chi connectivity index (χ1v) is 6.94. The second kappa shape index (κ2) is 6.32. The maximum Gasteiger partial charge on any atom is 0.228 e. The van der Waals surface area contributed by atoms with Gasteiger partial charge in [-0.1, -0.05) is 46.7 Å². The third-order valence-electron chi connectivity index (χ3n) is 3.41. The van der Waals surface area contributed by atoms with E-state index in [2.05, 4.69) is 57.0 Å². The largest absolute Gasteiger partial charge is 0.339 e. The first-order chi connectivity index (χ1) is 8.38. The van der Waals surface area contributed by atoms with Crippen molar-refractivity contribution in [1.29, 1.82) is 0 Å². The lowest BCUT2D eigenvalue weighted by molar-refractivity contribution is 0.247. The summed E-state index contributed by atoms with van der Waals surface area (Å²) in [7, 11) is 0. The van der Waals surface area contributed by atoms with Crippen molar-refractivity contribution in [2.75, 3.05) is 6.54 Å². The van der Waals surface area contributed by atoms with Gasteiger partial charge in [-0.05, 0) is 18.4 Å². The van der Waals surface area contributed by atoms with Gasteiger partial charge in [-0.25, -0.2) is 0 Å². The summed E-state index contributed by atoms with van der Waals surface area (Å²) in [5.41, 5.74) is 0.182. The van der Waals surface area contributed by atoms with E-state index in [1.807, 2.05) is 0 Å². The van der Waals surface area contributed by atoms with Gasteiger partial charge in [-0.3, -0.25) is 0 Å². The van der Waals surface area contributed by atoms with Crippen LogP contribution in [0.3, 0.4) is 0 Å². The quantitative estimate of drug-likeness (QED) is 0.846. The molecule has 0 fully saturated rings.